The predicted octanol–water partition coefficient (Wildman–Crippen LogP) is 3.45. The van der Waals surface area contributed by atoms with Gasteiger partial charge in [0.25, 0.3) is 11.8 Å². The molecule has 0 aliphatic heterocycles. The predicted molar refractivity (Wildman–Crippen MR) is 95.0 cm³/mol. The molecule has 25 heavy (non-hydrogen) atoms. The number of nitrogens with one attached hydrogen (secondary N) is 2. The minimum atomic E-state index is -0.718. The van der Waals surface area contributed by atoms with Gasteiger partial charge in [0, 0.05) is 6.08 Å². The second-order valence-electron chi connectivity index (χ2n) is 5.32. The van der Waals surface area contributed by atoms with Crippen LogP contribution < -0.4 is 10.9 Å². The third kappa shape index (κ3) is 3.90. The molecule has 3 aromatic rings. The number of carbonyl (C=O) groups excluding carboxylic acids is 2. The first-order valence-corrected chi connectivity index (χ1v) is 7.66. The average Bonchev–Trinajstić information content (AvgIpc) is 2.64. The molecule has 0 saturated carbocycles. The molecule has 0 radical (unpaired) electrons. The first kappa shape index (κ1) is 16.4. The summed E-state index contributed by atoms with van der Waals surface area (Å²) in [6.07, 6.45) is 2.97. The Morgan fingerprint density at radius 1 is 0.840 bits per heavy atom. The number of fused-ring (bicyclic) bond motifs is 1. The lowest BCUT2D eigenvalue weighted by molar-refractivity contribution is -0.117. The van der Waals surface area contributed by atoms with Crippen LogP contribution in [-0.4, -0.2) is 11.8 Å². The highest BCUT2D eigenvalue weighted by Gasteiger charge is 2.10. The molecule has 0 aromatic heterocycles. The maximum Gasteiger partial charge on any atom is 0.272 e. The Morgan fingerprint density at radius 2 is 1.56 bits per heavy atom. The molecule has 0 aliphatic rings. The number of rotatable bonds is 3. The summed E-state index contributed by atoms with van der Waals surface area (Å²) in [4.78, 5) is 23.7. The molecule has 2 amide bonds. The number of hydrogen-bond acceptors (Lipinski definition) is 2. The van der Waals surface area contributed by atoms with E-state index in [1.54, 1.807) is 12.1 Å². The van der Waals surface area contributed by atoms with Gasteiger partial charge in [0.2, 0.25) is 0 Å². The van der Waals surface area contributed by atoms with E-state index in [1.807, 2.05) is 42.5 Å². The summed E-state index contributed by atoms with van der Waals surface area (Å²) in [6, 6.07) is 19.1. The van der Waals surface area contributed by atoms with Gasteiger partial charge >= 0.3 is 0 Å². The third-order valence-electron chi connectivity index (χ3n) is 3.66. The quantitative estimate of drug-likeness (QED) is 0.569. The maximum absolute atomic E-state index is 13.5. The Balaban J connectivity index is 1.65. The van der Waals surface area contributed by atoms with Gasteiger partial charge in [0.05, 0.1) is 5.56 Å². The number of hydrazine groups is 1. The number of hydrogen-bond donors (Lipinski definition) is 2. The summed E-state index contributed by atoms with van der Waals surface area (Å²) in [6.45, 7) is 0. The fourth-order valence-corrected chi connectivity index (χ4v) is 2.43. The van der Waals surface area contributed by atoms with Gasteiger partial charge < -0.3 is 0 Å². The van der Waals surface area contributed by atoms with E-state index in [-0.39, 0.29) is 5.56 Å². The Hall–Kier alpha value is -3.47. The molecule has 0 heterocycles. The lowest BCUT2D eigenvalue weighted by atomic mass is 10.0. The minimum Gasteiger partial charge on any atom is -0.268 e. The number of amides is 2. The molecule has 4 nitrogen and oxygen atoms in total. The first-order valence-electron chi connectivity index (χ1n) is 7.66. The lowest BCUT2D eigenvalue weighted by Gasteiger charge is -2.06. The van der Waals surface area contributed by atoms with E-state index in [0.29, 0.717) is 0 Å². The zero-order chi connectivity index (χ0) is 17.6. The van der Waals surface area contributed by atoms with Crippen LogP contribution >= 0.6 is 0 Å². The van der Waals surface area contributed by atoms with E-state index in [9.17, 15) is 14.0 Å². The fraction of sp³-hybridized carbons (Fsp3) is 0. The Bertz CT molecular complexity index is 961. The lowest BCUT2D eigenvalue weighted by Crippen LogP contribution is -2.41. The number of carbonyl (C=O) groups is 2. The van der Waals surface area contributed by atoms with Gasteiger partial charge in [-0.3, -0.25) is 20.4 Å². The Morgan fingerprint density at radius 3 is 2.40 bits per heavy atom. The summed E-state index contributed by atoms with van der Waals surface area (Å²) in [7, 11) is 0. The van der Waals surface area contributed by atoms with Crippen molar-refractivity contribution in [2.24, 2.45) is 0 Å². The van der Waals surface area contributed by atoms with Gasteiger partial charge in [0.1, 0.15) is 5.82 Å². The van der Waals surface area contributed by atoms with Crippen molar-refractivity contribution in [1.29, 1.82) is 0 Å². The maximum atomic E-state index is 13.5. The van der Waals surface area contributed by atoms with Gasteiger partial charge in [-0.05, 0) is 34.5 Å². The summed E-state index contributed by atoms with van der Waals surface area (Å²) >= 11 is 0. The van der Waals surface area contributed by atoms with Crippen molar-refractivity contribution in [3.05, 3.63) is 89.8 Å². The van der Waals surface area contributed by atoms with Gasteiger partial charge in [-0.15, -0.1) is 0 Å². The molecule has 2 N–H and O–H groups in total. The molecule has 3 aromatic carbocycles. The molecule has 0 saturated heterocycles. The standard InChI is InChI=1S/C20H15FN2O2/c21-18-11-4-3-10-17(18)20(25)23-22-19(24)13-12-15-8-5-7-14-6-1-2-9-16(14)15/h1-13H,(H,22,24)(H,23,25)/b13-12+. The first-order chi connectivity index (χ1) is 12.1. The number of benzene rings is 3. The smallest absolute Gasteiger partial charge is 0.268 e. The van der Waals surface area contributed by atoms with Crippen LogP contribution in [0.25, 0.3) is 16.8 Å². The van der Waals surface area contributed by atoms with Crippen molar-refractivity contribution < 1.29 is 14.0 Å². The molecule has 3 rings (SSSR count). The van der Waals surface area contributed by atoms with Crippen molar-refractivity contribution >= 4 is 28.7 Å². The van der Waals surface area contributed by atoms with Crippen molar-refractivity contribution in [1.82, 2.24) is 10.9 Å². The second-order valence-corrected chi connectivity index (χ2v) is 5.32. The van der Waals surface area contributed by atoms with E-state index in [1.165, 1.54) is 24.3 Å². The molecule has 0 aliphatic carbocycles. The van der Waals surface area contributed by atoms with Gasteiger partial charge in [-0.1, -0.05) is 54.6 Å². The van der Waals surface area contributed by atoms with Crippen LogP contribution in [0.1, 0.15) is 15.9 Å². The molecule has 0 fully saturated rings. The molecule has 0 spiro atoms. The SMILES string of the molecule is O=C(/C=C/c1cccc2ccccc12)NNC(=O)c1ccccc1F. The van der Waals surface area contributed by atoms with Gasteiger partial charge in [-0.2, -0.15) is 0 Å². The van der Waals surface area contributed by atoms with E-state index < -0.39 is 17.6 Å². The zero-order valence-electron chi connectivity index (χ0n) is 13.2. The second kappa shape index (κ2) is 7.40. The highest BCUT2D eigenvalue weighted by molar-refractivity contribution is 5.99. The third-order valence-corrected chi connectivity index (χ3v) is 3.66. The topological polar surface area (TPSA) is 58.2 Å². The van der Waals surface area contributed by atoms with Crippen LogP contribution in [0.4, 0.5) is 4.39 Å². The van der Waals surface area contributed by atoms with Crippen molar-refractivity contribution in [2.75, 3.05) is 0 Å². The summed E-state index contributed by atoms with van der Waals surface area (Å²) in [5.74, 6) is -1.89. The van der Waals surface area contributed by atoms with E-state index in [2.05, 4.69) is 10.9 Å². The zero-order valence-corrected chi connectivity index (χ0v) is 13.2. The average molecular weight is 334 g/mol. The van der Waals surface area contributed by atoms with Crippen LogP contribution in [-0.2, 0) is 4.79 Å². The van der Waals surface area contributed by atoms with Crippen molar-refractivity contribution in [3.8, 4) is 0 Å². The summed E-state index contributed by atoms with van der Waals surface area (Å²) in [5.41, 5.74) is 5.16. The minimum absolute atomic E-state index is 0.138. The fourth-order valence-electron chi connectivity index (χ4n) is 2.43. The molecular weight excluding hydrogens is 319 g/mol. The van der Waals surface area contributed by atoms with Crippen LogP contribution in [0, 0.1) is 5.82 Å². The van der Waals surface area contributed by atoms with Gasteiger partial charge in [0.15, 0.2) is 0 Å². The van der Waals surface area contributed by atoms with Crippen LogP contribution in [0.3, 0.4) is 0 Å². The van der Waals surface area contributed by atoms with Crippen molar-refractivity contribution in [2.45, 2.75) is 0 Å². The molecular formula is C20H15FN2O2. The molecule has 0 atom stereocenters. The summed E-state index contributed by atoms with van der Waals surface area (Å²) in [5, 5.41) is 2.09. The molecule has 124 valence electrons. The van der Waals surface area contributed by atoms with E-state index in [4.69, 9.17) is 0 Å². The molecule has 0 unspecified atom stereocenters. The van der Waals surface area contributed by atoms with E-state index >= 15 is 0 Å². The highest BCUT2D eigenvalue weighted by atomic mass is 19.1. The van der Waals surface area contributed by atoms with Crippen molar-refractivity contribution in [3.63, 3.8) is 0 Å². The number of halogens is 1. The Labute approximate surface area is 143 Å². The highest BCUT2D eigenvalue weighted by Crippen LogP contribution is 2.19. The van der Waals surface area contributed by atoms with Crippen LogP contribution in [0.15, 0.2) is 72.8 Å². The largest absolute Gasteiger partial charge is 0.272 e. The van der Waals surface area contributed by atoms with Crippen LogP contribution in [0.5, 0.6) is 0 Å². The normalized spacial score (nSPS) is 10.8. The molecule has 5 heteroatoms. The summed E-state index contributed by atoms with van der Waals surface area (Å²) < 4.78 is 13.5. The monoisotopic (exact) mass is 334 g/mol. The van der Waals surface area contributed by atoms with Crippen LogP contribution in [0.2, 0.25) is 0 Å². The Kier molecular flexibility index (Phi) is 4.85. The van der Waals surface area contributed by atoms with E-state index in [0.717, 1.165) is 16.3 Å². The van der Waals surface area contributed by atoms with Gasteiger partial charge in [-0.25, -0.2) is 4.39 Å². The molecule has 0 bridgehead atoms.